The molecule has 1 fully saturated rings. The van der Waals surface area contributed by atoms with Gasteiger partial charge in [0.1, 0.15) is 11.9 Å². The van der Waals surface area contributed by atoms with Crippen LogP contribution in [0.4, 0.5) is 4.39 Å². The Labute approximate surface area is 142 Å². The molecule has 4 nitrogen and oxygen atoms in total. The molecule has 3 rings (SSSR count). The maximum absolute atomic E-state index is 13.6. The summed E-state index contributed by atoms with van der Waals surface area (Å²) in [5.41, 5.74) is 7.73. The van der Waals surface area contributed by atoms with Crippen LogP contribution in [-0.4, -0.2) is 11.9 Å². The summed E-state index contributed by atoms with van der Waals surface area (Å²) < 4.78 is 14.6. The summed E-state index contributed by atoms with van der Waals surface area (Å²) in [6.45, 7) is 0.187. The van der Waals surface area contributed by atoms with Crippen LogP contribution in [0.2, 0.25) is 0 Å². The Bertz CT molecular complexity index is 692. The van der Waals surface area contributed by atoms with Gasteiger partial charge in [0.25, 0.3) is 0 Å². The third-order valence-corrected chi connectivity index (χ3v) is 4.43. The molecular weight excluding hydrogens is 361 g/mol. The Hall–Kier alpha value is -1.76. The van der Waals surface area contributed by atoms with E-state index in [2.05, 4.69) is 32.1 Å². The molecule has 0 radical (unpaired) electrons. The Morgan fingerprint density at radius 1 is 1.17 bits per heavy atom. The van der Waals surface area contributed by atoms with Crippen LogP contribution in [0.25, 0.3) is 0 Å². The standard InChI is InChI=1S/C17H17BrFN3O/c18-13-7-5-11(6-8-13)15-9-16(22-21-15)17(23)20-10-12-3-1-2-4-14(12)19/h1-8,15-16,21-22H,9-10H2,(H,20,23). The molecule has 0 spiro atoms. The lowest BCUT2D eigenvalue weighted by Gasteiger charge is -2.11. The zero-order valence-electron chi connectivity index (χ0n) is 12.4. The van der Waals surface area contributed by atoms with Crippen LogP contribution >= 0.6 is 15.9 Å². The van der Waals surface area contributed by atoms with Gasteiger partial charge in [0.2, 0.25) is 5.91 Å². The first-order valence-corrected chi connectivity index (χ1v) is 8.20. The monoisotopic (exact) mass is 377 g/mol. The first-order valence-electron chi connectivity index (χ1n) is 7.41. The average Bonchev–Trinajstić information content (AvgIpc) is 3.04. The van der Waals surface area contributed by atoms with Crippen LogP contribution < -0.4 is 16.2 Å². The molecule has 0 saturated carbocycles. The highest BCUT2D eigenvalue weighted by molar-refractivity contribution is 9.10. The van der Waals surface area contributed by atoms with E-state index in [1.54, 1.807) is 18.2 Å². The smallest absolute Gasteiger partial charge is 0.238 e. The molecule has 0 aliphatic carbocycles. The molecule has 2 unspecified atom stereocenters. The molecular formula is C17H17BrFN3O. The van der Waals surface area contributed by atoms with E-state index in [0.717, 1.165) is 10.0 Å². The summed E-state index contributed by atoms with van der Waals surface area (Å²) in [5, 5.41) is 2.77. The van der Waals surface area contributed by atoms with Crippen molar-refractivity contribution >= 4 is 21.8 Å². The van der Waals surface area contributed by atoms with E-state index in [9.17, 15) is 9.18 Å². The van der Waals surface area contributed by atoms with Crippen molar-refractivity contribution in [3.63, 3.8) is 0 Å². The lowest BCUT2D eigenvalue weighted by Crippen LogP contribution is -2.42. The van der Waals surface area contributed by atoms with E-state index >= 15 is 0 Å². The van der Waals surface area contributed by atoms with Crippen molar-refractivity contribution in [1.82, 2.24) is 16.2 Å². The number of benzene rings is 2. The van der Waals surface area contributed by atoms with Gasteiger partial charge in [-0.05, 0) is 30.2 Å². The van der Waals surface area contributed by atoms with Crippen LogP contribution in [0, 0.1) is 5.82 Å². The number of halogens is 2. The second-order valence-corrected chi connectivity index (χ2v) is 6.41. The van der Waals surface area contributed by atoms with Gasteiger partial charge in [-0.15, -0.1) is 0 Å². The van der Waals surface area contributed by atoms with Gasteiger partial charge in [0, 0.05) is 22.6 Å². The fourth-order valence-electron chi connectivity index (χ4n) is 2.59. The summed E-state index contributed by atoms with van der Waals surface area (Å²) in [6, 6.07) is 14.2. The minimum atomic E-state index is -0.338. The molecule has 1 aliphatic rings. The highest BCUT2D eigenvalue weighted by Gasteiger charge is 2.29. The van der Waals surface area contributed by atoms with Crippen molar-refractivity contribution < 1.29 is 9.18 Å². The number of hydrazine groups is 1. The molecule has 2 atom stereocenters. The van der Waals surface area contributed by atoms with E-state index in [1.165, 1.54) is 6.07 Å². The maximum Gasteiger partial charge on any atom is 0.238 e. The van der Waals surface area contributed by atoms with E-state index < -0.39 is 0 Å². The van der Waals surface area contributed by atoms with Crippen molar-refractivity contribution in [2.45, 2.75) is 25.0 Å². The lowest BCUT2D eigenvalue weighted by molar-refractivity contribution is -0.123. The van der Waals surface area contributed by atoms with Crippen LogP contribution in [0.3, 0.4) is 0 Å². The topological polar surface area (TPSA) is 53.2 Å². The van der Waals surface area contributed by atoms with Gasteiger partial charge in [-0.25, -0.2) is 15.2 Å². The molecule has 3 N–H and O–H groups in total. The van der Waals surface area contributed by atoms with Gasteiger partial charge < -0.3 is 5.32 Å². The third kappa shape index (κ3) is 3.96. The van der Waals surface area contributed by atoms with E-state index in [4.69, 9.17) is 0 Å². The second-order valence-electron chi connectivity index (χ2n) is 5.49. The van der Waals surface area contributed by atoms with Gasteiger partial charge in [0.05, 0.1) is 0 Å². The van der Waals surface area contributed by atoms with Crippen LogP contribution in [-0.2, 0) is 11.3 Å². The molecule has 120 valence electrons. The Balaban J connectivity index is 1.55. The number of carbonyl (C=O) groups excluding carboxylic acids is 1. The normalized spacial score (nSPS) is 20.4. The summed E-state index contributed by atoms with van der Waals surface area (Å²) in [6.07, 6.45) is 0.644. The molecule has 2 aromatic carbocycles. The van der Waals surface area contributed by atoms with E-state index in [1.807, 2.05) is 24.3 Å². The van der Waals surface area contributed by atoms with Gasteiger partial charge in [-0.3, -0.25) is 4.79 Å². The largest absolute Gasteiger partial charge is 0.351 e. The number of amides is 1. The first-order chi connectivity index (χ1) is 11.1. The van der Waals surface area contributed by atoms with Crippen LogP contribution in [0.15, 0.2) is 53.0 Å². The SMILES string of the molecule is O=C(NCc1ccccc1F)C1CC(c2ccc(Br)cc2)NN1. The Kier molecular flexibility index (Phi) is 5.05. The summed E-state index contributed by atoms with van der Waals surface area (Å²) >= 11 is 3.41. The molecule has 1 aliphatic heterocycles. The van der Waals surface area contributed by atoms with Crippen molar-refractivity contribution in [3.05, 3.63) is 69.9 Å². The fraction of sp³-hybridized carbons (Fsp3) is 0.235. The molecule has 23 heavy (non-hydrogen) atoms. The number of hydrogen-bond acceptors (Lipinski definition) is 3. The summed E-state index contributed by atoms with van der Waals surface area (Å²) in [7, 11) is 0. The number of nitrogens with one attached hydrogen (secondary N) is 3. The van der Waals surface area contributed by atoms with Gasteiger partial charge in [0.15, 0.2) is 0 Å². The quantitative estimate of drug-likeness (QED) is 0.767. The molecule has 0 aromatic heterocycles. The highest BCUT2D eigenvalue weighted by Crippen LogP contribution is 2.23. The molecule has 1 heterocycles. The zero-order valence-corrected chi connectivity index (χ0v) is 13.9. The van der Waals surface area contributed by atoms with Crippen molar-refractivity contribution in [1.29, 1.82) is 0 Å². The Morgan fingerprint density at radius 2 is 1.91 bits per heavy atom. The fourth-order valence-corrected chi connectivity index (χ4v) is 2.85. The predicted molar refractivity (Wildman–Crippen MR) is 89.8 cm³/mol. The van der Waals surface area contributed by atoms with E-state index in [-0.39, 0.29) is 30.4 Å². The summed E-state index contributed by atoms with van der Waals surface area (Å²) in [4.78, 5) is 12.2. The minimum Gasteiger partial charge on any atom is -0.351 e. The Morgan fingerprint density at radius 3 is 2.65 bits per heavy atom. The van der Waals surface area contributed by atoms with Gasteiger partial charge in [-0.2, -0.15) is 0 Å². The van der Waals surface area contributed by atoms with Gasteiger partial charge in [-0.1, -0.05) is 46.3 Å². The third-order valence-electron chi connectivity index (χ3n) is 3.90. The number of rotatable bonds is 4. The average molecular weight is 378 g/mol. The van der Waals surface area contributed by atoms with Crippen LogP contribution in [0.5, 0.6) is 0 Å². The van der Waals surface area contributed by atoms with E-state index in [0.29, 0.717) is 12.0 Å². The molecule has 6 heteroatoms. The molecule has 1 saturated heterocycles. The lowest BCUT2D eigenvalue weighted by atomic mass is 10.0. The molecule has 2 aromatic rings. The molecule has 0 bridgehead atoms. The minimum absolute atomic E-state index is 0.0762. The first kappa shape index (κ1) is 16.1. The zero-order chi connectivity index (χ0) is 16.2. The van der Waals surface area contributed by atoms with Gasteiger partial charge >= 0.3 is 0 Å². The van der Waals surface area contributed by atoms with Crippen LogP contribution in [0.1, 0.15) is 23.6 Å². The number of hydrogen-bond donors (Lipinski definition) is 3. The van der Waals surface area contributed by atoms with Crippen molar-refractivity contribution in [3.8, 4) is 0 Å². The van der Waals surface area contributed by atoms with Crippen molar-refractivity contribution in [2.75, 3.05) is 0 Å². The van der Waals surface area contributed by atoms with Crippen molar-refractivity contribution in [2.24, 2.45) is 0 Å². The highest BCUT2D eigenvalue weighted by atomic mass is 79.9. The maximum atomic E-state index is 13.6. The number of carbonyl (C=O) groups is 1. The predicted octanol–water partition coefficient (Wildman–Crippen LogP) is 2.81. The molecule has 1 amide bonds. The second kappa shape index (κ2) is 7.21. The summed E-state index contributed by atoms with van der Waals surface area (Å²) in [5.74, 6) is -0.446.